The van der Waals surface area contributed by atoms with Crippen LogP contribution in [0.5, 0.6) is 0 Å². The van der Waals surface area contributed by atoms with E-state index < -0.39 is 22.9 Å². The maximum atomic E-state index is 15.0. The van der Waals surface area contributed by atoms with Crippen LogP contribution < -0.4 is 16.2 Å². The maximum Gasteiger partial charge on any atom is 0.256 e. The first-order valence-corrected chi connectivity index (χ1v) is 15.0. The molecule has 0 radical (unpaired) electrons. The number of benzene rings is 2. The highest BCUT2D eigenvalue weighted by atomic mass is 19.1. The Morgan fingerprint density at radius 3 is 2.36 bits per heavy atom. The highest BCUT2D eigenvalue weighted by Gasteiger charge is 2.21. The molecule has 1 amide bonds. The lowest BCUT2D eigenvalue weighted by atomic mass is 9.99. The second-order valence-electron chi connectivity index (χ2n) is 9.80. The molecule has 236 valence electrons. The molecule has 0 saturated carbocycles. The van der Waals surface area contributed by atoms with E-state index in [1.165, 1.54) is 18.2 Å². The minimum absolute atomic E-state index is 0.0390. The molecule has 0 unspecified atom stereocenters. The summed E-state index contributed by atoms with van der Waals surface area (Å²) in [6.45, 7) is 14.1. The van der Waals surface area contributed by atoms with Gasteiger partial charge in [-0.1, -0.05) is 39.8 Å². The van der Waals surface area contributed by atoms with E-state index in [1.54, 1.807) is 25.3 Å². The summed E-state index contributed by atoms with van der Waals surface area (Å²) in [7, 11) is 1.55. The zero-order chi connectivity index (χ0) is 32.2. The van der Waals surface area contributed by atoms with E-state index in [0.29, 0.717) is 41.9 Å². The lowest BCUT2D eigenvalue weighted by molar-refractivity contribution is 0.0937. The summed E-state index contributed by atoms with van der Waals surface area (Å²) in [6.07, 6.45) is 0.804. The zero-order valence-corrected chi connectivity index (χ0v) is 26.3. The van der Waals surface area contributed by atoms with Crippen LogP contribution >= 0.6 is 0 Å². The van der Waals surface area contributed by atoms with Crippen LogP contribution in [0.15, 0.2) is 53.3 Å². The average molecular weight is 609 g/mol. The fourth-order valence-electron chi connectivity index (χ4n) is 4.75. The van der Waals surface area contributed by atoms with Gasteiger partial charge in [-0.25, -0.2) is 13.8 Å². The van der Waals surface area contributed by atoms with Gasteiger partial charge in [-0.05, 0) is 68.9 Å². The Kier molecular flexibility index (Phi) is 12.9. The normalized spacial score (nSPS) is 10.9. The van der Waals surface area contributed by atoms with Crippen molar-refractivity contribution in [2.45, 2.75) is 41.0 Å². The number of pyridine rings is 1. The van der Waals surface area contributed by atoms with Gasteiger partial charge in [-0.15, -0.1) is 0 Å². The molecule has 0 aliphatic rings. The Bertz CT molecular complexity index is 1600. The average Bonchev–Trinajstić information content (AvgIpc) is 3.03. The van der Waals surface area contributed by atoms with Gasteiger partial charge in [0.15, 0.2) is 5.65 Å². The molecule has 0 spiro atoms. The number of hydrogen-bond donors (Lipinski definition) is 2. The largest absolute Gasteiger partial charge is 0.383 e. The minimum Gasteiger partial charge on any atom is -0.383 e. The standard InChI is InChI=1S/C31H36F2N6O3.C2H6/c1-5-38(6-2)17-8-15-35-31-36-27(23-19-21(12-11-20(23)3)30(41)34-16-18-42-4)22-13-14-26(40)39(29(22)37-31)28-24(32)9-7-10-25(28)33;1-2/h7,9-14,19H,5-6,8,15-18H2,1-4H3,(H,34,41)(H,35,36,37);1-2H3. The highest BCUT2D eigenvalue weighted by Crippen LogP contribution is 2.31. The molecule has 0 fully saturated rings. The molecule has 9 nitrogen and oxygen atoms in total. The van der Waals surface area contributed by atoms with Crippen molar-refractivity contribution in [2.75, 3.05) is 51.8 Å². The van der Waals surface area contributed by atoms with Crippen LogP contribution in [-0.2, 0) is 4.74 Å². The molecule has 2 aromatic carbocycles. The van der Waals surface area contributed by atoms with Crippen molar-refractivity contribution < 1.29 is 18.3 Å². The molecule has 2 aromatic heterocycles. The third-order valence-corrected chi connectivity index (χ3v) is 7.09. The van der Waals surface area contributed by atoms with Crippen LogP contribution in [0.1, 0.15) is 50.0 Å². The predicted octanol–water partition coefficient (Wildman–Crippen LogP) is 5.58. The van der Waals surface area contributed by atoms with E-state index in [1.807, 2.05) is 20.8 Å². The molecule has 4 rings (SSSR count). The van der Waals surface area contributed by atoms with Crippen molar-refractivity contribution in [3.05, 3.63) is 81.6 Å². The second kappa shape index (κ2) is 16.6. The second-order valence-corrected chi connectivity index (χ2v) is 9.80. The van der Waals surface area contributed by atoms with E-state index in [9.17, 15) is 18.4 Å². The van der Waals surface area contributed by atoms with E-state index in [0.717, 1.165) is 48.3 Å². The summed E-state index contributed by atoms with van der Waals surface area (Å²) in [5.41, 5.74) is 1.12. The molecule has 0 saturated heterocycles. The van der Waals surface area contributed by atoms with Gasteiger partial charge in [0.25, 0.3) is 11.5 Å². The number of carbonyl (C=O) groups is 1. The van der Waals surface area contributed by atoms with E-state index in [4.69, 9.17) is 9.72 Å². The van der Waals surface area contributed by atoms with E-state index in [-0.39, 0.29) is 17.5 Å². The Morgan fingerprint density at radius 1 is 1.00 bits per heavy atom. The molecule has 11 heteroatoms. The highest BCUT2D eigenvalue weighted by molar-refractivity contribution is 5.98. The van der Waals surface area contributed by atoms with E-state index in [2.05, 4.69) is 34.4 Å². The van der Waals surface area contributed by atoms with Gasteiger partial charge in [-0.2, -0.15) is 4.98 Å². The monoisotopic (exact) mass is 608 g/mol. The lowest BCUT2D eigenvalue weighted by Gasteiger charge is -2.18. The number of fused-ring (bicyclic) bond motifs is 1. The Labute approximate surface area is 257 Å². The summed E-state index contributed by atoms with van der Waals surface area (Å²) in [5, 5.41) is 6.43. The Morgan fingerprint density at radius 2 is 1.70 bits per heavy atom. The molecule has 2 N–H and O–H groups in total. The van der Waals surface area contributed by atoms with Crippen LogP contribution in [0.25, 0.3) is 28.0 Å². The number of halogens is 2. The quantitative estimate of drug-likeness (QED) is 0.191. The van der Waals surface area contributed by atoms with Crippen molar-refractivity contribution in [3.8, 4) is 16.9 Å². The van der Waals surface area contributed by atoms with Crippen LogP contribution in [0, 0.1) is 18.6 Å². The number of rotatable bonds is 13. The molecular weight excluding hydrogens is 566 g/mol. The molecule has 44 heavy (non-hydrogen) atoms. The third kappa shape index (κ3) is 8.03. The fraction of sp³-hybridized carbons (Fsp3) is 0.394. The smallest absolute Gasteiger partial charge is 0.256 e. The molecule has 0 aliphatic heterocycles. The van der Waals surface area contributed by atoms with Crippen LogP contribution in [0.2, 0.25) is 0 Å². The predicted molar refractivity (Wildman–Crippen MR) is 172 cm³/mol. The van der Waals surface area contributed by atoms with Gasteiger partial charge in [-0.3, -0.25) is 14.2 Å². The van der Waals surface area contributed by atoms with Gasteiger partial charge in [0, 0.05) is 42.8 Å². The van der Waals surface area contributed by atoms with Gasteiger partial charge in [0.2, 0.25) is 5.95 Å². The van der Waals surface area contributed by atoms with Crippen LogP contribution in [-0.4, -0.2) is 71.8 Å². The number of aryl methyl sites for hydroxylation is 1. The SMILES string of the molecule is CC.CCN(CC)CCCNc1nc(-c2cc(C(=O)NCCOC)ccc2C)c2ccc(=O)n(-c3c(F)cccc3F)c2n1. The first kappa shape index (κ1) is 34.3. The summed E-state index contributed by atoms with van der Waals surface area (Å²) < 4.78 is 35.9. The van der Waals surface area contributed by atoms with Crippen molar-refractivity contribution >= 4 is 22.9 Å². The molecule has 0 bridgehead atoms. The number of aromatic nitrogens is 3. The molecule has 2 heterocycles. The number of carbonyl (C=O) groups excluding carboxylic acids is 1. The first-order valence-electron chi connectivity index (χ1n) is 15.0. The van der Waals surface area contributed by atoms with Gasteiger partial charge >= 0.3 is 0 Å². The van der Waals surface area contributed by atoms with Gasteiger partial charge < -0.3 is 20.3 Å². The maximum absolute atomic E-state index is 15.0. The van der Waals surface area contributed by atoms with Gasteiger partial charge in [0.05, 0.1) is 12.3 Å². The number of nitrogens with zero attached hydrogens (tertiary/aromatic N) is 4. The van der Waals surface area contributed by atoms with E-state index >= 15 is 0 Å². The number of hydrogen-bond acceptors (Lipinski definition) is 7. The summed E-state index contributed by atoms with van der Waals surface area (Å²) in [4.78, 5) is 37.6. The molecule has 4 aromatic rings. The number of methoxy groups -OCH3 is 1. The first-order chi connectivity index (χ1) is 21.3. The van der Waals surface area contributed by atoms with Crippen LogP contribution in [0.3, 0.4) is 0 Å². The molecule has 0 atom stereocenters. The number of amides is 1. The van der Waals surface area contributed by atoms with Crippen molar-refractivity contribution in [1.82, 2.24) is 24.8 Å². The van der Waals surface area contributed by atoms with Crippen LogP contribution in [0.4, 0.5) is 14.7 Å². The summed E-state index contributed by atoms with van der Waals surface area (Å²) in [5.74, 6) is -1.89. The lowest BCUT2D eigenvalue weighted by Crippen LogP contribution is -2.27. The zero-order valence-electron chi connectivity index (χ0n) is 26.3. The Hall–Kier alpha value is -4.22. The van der Waals surface area contributed by atoms with Crippen molar-refractivity contribution in [2.24, 2.45) is 0 Å². The van der Waals surface area contributed by atoms with Crippen molar-refractivity contribution in [3.63, 3.8) is 0 Å². The summed E-state index contributed by atoms with van der Waals surface area (Å²) in [6, 6.07) is 11.4. The summed E-state index contributed by atoms with van der Waals surface area (Å²) >= 11 is 0. The minimum atomic E-state index is -0.899. The Balaban J connectivity index is 0.00000259. The number of ether oxygens (including phenoxy) is 1. The fourth-order valence-corrected chi connectivity index (χ4v) is 4.75. The molecule has 0 aliphatic carbocycles. The third-order valence-electron chi connectivity index (χ3n) is 7.09. The molecular formula is C33H42F2N6O3. The number of anilines is 1. The number of para-hydroxylation sites is 1. The van der Waals surface area contributed by atoms with Crippen molar-refractivity contribution in [1.29, 1.82) is 0 Å². The van der Waals surface area contributed by atoms with Gasteiger partial charge in [0.1, 0.15) is 17.3 Å². The topological polar surface area (TPSA) is 101 Å². The number of nitrogens with one attached hydrogen (secondary N) is 2.